The first-order valence-electron chi connectivity index (χ1n) is 7.42. The van der Waals surface area contributed by atoms with Gasteiger partial charge in [0.05, 0.1) is 10.8 Å². The maximum Gasteiger partial charge on any atom is 0.213 e. The second kappa shape index (κ2) is 4.85. The van der Waals surface area contributed by atoms with Crippen LogP contribution in [0.4, 0.5) is 5.69 Å². The molecule has 0 saturated heterocycles. The van der Waals surface area contributed by atoms with Crippen molar-refractivity contribution >= 4 is 38.1 Å². The Morgan fingerprint density at radius 3 is 2.32 bits per heavy atom. The third-order valence-corrected chi connectivity index (χ3v) is 4.23. The van der Waals surface area contributed by atoms with Gasteiger partial charge < -0.3 is 5.73 Å². The van der Waals surface area contributed by atoms with Crippen molar-refractivity contribution < 1.29 is 4.57 Å². The van der Waals surface area contributed by atoms with Crippen LogP contribution in [0.5, 0.6) is 0 Å². The van der Waals surface area contributed by atoms with E-state index in [1.807, 2.05) is 12.1 Å². The molecule has 0 aliphatic heterocycles. The fourth-order valence-corrected chi connectivity index (χ4v) is 3.26. The Morgan fingerprint density at radius 1 is 0.864 bits per heavy atom. The fraction of sp³-hybridized carbons (Fsp3) is 0.0500. The molecule has 0 spiro atoms. The van der Waals surface area contributed by atoms with Crippen LogP contribution in [0.25, 0.3) is 32.4 Å². The number of para-hydroxylation sites is 1. The highest BCUT2D eigenvalue weighted by molar-refractivity contribution is 6.18. The first-order valence-corrected chi connectivity index (χ1v) is 7.42. The van der Waals surface area contributed by atoms with E-state index in [0.29, 0.717) is 0 Å². The molecule has 0 fully saturated rings. The molecule has 4 rings (SSSR count). The molecule has 2 heteroatoms. The van der Waals surface area contributed by atoms with Gasteiger partial charge in [0.25, 0.3) is 0 Å². The van der Waals surface area contributed by atoms with Crippen LogP contribution in [0.1, 0.15) is 0 Å². The molecule has 0 atom stereocenters. The van der Waals surface area contributed by atoms with E-state index in [0.717, 1.165) is 17.6 Å². The zero-order valence-electron chi connectivity index (χ0n) is 12.3. The third kappa shape index (κ3) is 1.77. The summed E-state index contributed by atoms with van der Waals surface area (Å²) in [6.07, 6.45) is 4.14. The van der Waals surface area contributed by atoms with Crippen LogP contribution < -0.4 is 10.3 Å². The van der Waals surface area contributed by atoms with Crippen LogP contribution in [0.2, 0.25) is 0 Å². The van der Waals surface area contributed by atoms with Crippen LogP contribution in [0.3, 0.4) is 0 Å². The molecule has 0 aliphatic carbocycles. The molecule has 0 unspecified atom stereocenters. The minimum atomic E-state index is 0.787. The van der Waals surface area contributed by atoms with Gasteiger partial charge in [-0.25, -0.2) is 0 Å². The van der Waals surface area contributed by atoms with Gasteiger partial charge in [-0.2, -0.15) is 4.57 Å². The van der Waals surface area contributed by atoms with E-state index in [1.165, 1.54) is 27.1 Å². The third-order valence-electron chi connectivity index (χ3n) is 4.23. The standard InChI is InChI=1S/C20H16N2/c1-2-11-22-13-18-14-7-3-4-8-15(14)19(21)12-17(18)16-9-5-6-10-20(16)22/h2-10,12-13,21H,1,11H2/p+1. The van der Waals surface area contributed by atoms with Crippen molar-refractivity contribution in [3.05, 3.63) is 73.4 Å². The molecular formula is C20H17N2+. The van der Waals surface area contributed by atoms with Crippen molar-refractivity contribution in [3.63, 3.8) is 0 Å². The maximum absolute atomic E-state index is 6.29. The molecule has 1 aromatic heterocycles. The molecule has 0 amide bonds. The molecule has 1 heterocycles. The molecule has 2 nitrogen and oxygen atoms in total. The zero-order chi connectivity index (χ0) is 15.1. The SMILES string of the molecule is C=CC[n+]1cc2c3ccccc3c(N)cc2c2ccccc21. The Balaban J connectivity index is 2.29. The monoisotopic (exact) mass is 285 g/mol. The molecule has 0 saturated carbocycles. The van der Waals surface area contributed by atoms with Gasteiger partial charge in [0.1, 0.15) is 0 Å². The van der Waals surface area contributed by atoms with Crippen LogP contribution in [-0.2, 0) is 6.54 Å². The minimum absolute atomic E-state index is 0.787. The summed E-state index contributed by atoms with van der Waals surface area (Å²) < 4.78 is 2.24. The highest BCUT2D eigenvalue weighted by Gasteiger charge is 2.15. The Labute approximate surface area is 129 Å². The molecule has 3 aromatic carbocycles. The summed E-state index contributed by atoms with van der Waals surface area (Å²) in [5, 5.41) is 5.95. The van der Waals surface area contributed by atoms with E-state index in [4.69, 9.17) is 5.73 Å². The smallest absolute Gasteiger partial charge is 0.213 e. The lowest BCUT2D eigenvalue weighted by Crippen LogP contribution is -2.33. The summed E-state index contributed by atoms with van der Waals surface area (Å²) in [5.41, 5.74) is 8.31. The van der Waals surface area contributed by atoms with Crippen LogP contribution in [0, 0.1) is 0 Å². The number of nitrogens with two attached hydrogens (primary N) is 1. The Kier molecular flexibility index (Phi) is 2.83. The average Bonchev–Trinajstić information content (AvgIpc) is 2.56. The van der Waals surface area contributed by atoms with E-state index >= 15 is 0 Å². The molecule has 106 valence electrons. The summed E-state index contributed by atoms with van der Waals surface area (Å²) in [4.78, 5) is 0. The van der Waals surface area contributed by atoms with Crippen LogP contribution in [0.15, 0.2) is 73.4 Å². The number of hydrogen-bond acceptors (Lipinski definition) is 1. The number of rotatable bonds is 2. The van der Waals surface area contributed by atoms with Gasteiger partial charge >= 0.3 is 0 Å². The number of pyridine rings is 1. The van der Waals surface area contributed by atoms with Gasteiger partial charge in [-0.3, -0.25) is 0 Å². The molecule has 2 N–H and O–H groups in total. The first-order chi connectivity index (χ1) is 10.8. The number of hydrogen-bond donors (Lipinski definition) is 1. The van der Waals surface area contributed by atoms with Crippen molar-refractivity contribution in [1.29, 1.82) is 0 Å². The molecule has 0 aliphatic rings. The van der Waals surface area contributed by atoms with Crippen molar-refractivity contribution in [2.75, 3.05) is 5.73 Å². The van der Waals surface area contributed by atoms with Crippen molar-refractivity contribution in [2.24, 2.45) is 0 Å². The summed E-state index contributed by atoms with van der Waals surface area (Å²) in [5.74, 6) is 0. The maximum atomic E-state index is 6.29. The fourth-order valence-electron chi connectivity index (χ4n) is 3.26. The van der Waals surface area contributed by atoms with Crippen molar-refractivity contribution in [1.82, 2.24) is 0 Å². The Morgan fingerprint density at radius 2 is 1.55 bits per heavy atom. The number of nitrogens with zero attached hydrogens (tertiary/aromatic N) is 1. The first kappa shape index (κ1) is 12.8. The van der Waals surface area contributed by atoms with Gasteiger partial charge in [-0.1, -0.05) is 43.0 Å². The minimum Gasteiger partial charge on any atom is -0.398 e. The van der Waals surface area contributed by atoms with E-state index in [9.17, 15) is 0 Å². The van der Waals surface area contributed by atoms with Gasteiger partial charge in [0, 0.05) is 22.5 Å². The summed E-state index contributed by atoms with van der Waals surface area (Å²) in [6.45, 7) is 4.67. The lowest BCUT2D eigenvalue weighted by molar-refractivity contribution is -0.659. The number of anilines is 1. The molecular weight excluding hydrogens is 268 g/mol. The zero-order valence-corrected chi connectivity index (χ0v) is 12.3. The topological polar surface area (TPSA) is 29.9 Å². The average molecular weight is 285 g/mol. The number of aromatic nitrogens is 1. The van der Waals surface area contributed by atoms with Crippen molar-refractivity contribution in [3.8, 4) is 0 Å². The Bertz CT molecular complexity index is 1030. The van der Waals surface area contributed by atoms with E-state index in [1.54, 1.807) is 0 Å². The molecule has 22 heavy (non-hydrogen) atoms. The quantitative estimate of drug-likeness (QED) is 0.254. The number of allylic oxidation sites excluding steroid dienone is 1. The predicted octanol–water partition coefficient (Wildman–Crippen LogP) is 4.20. The number of fused-ring (bicyclic) bond motifs is 5. The predicted molar refractivity (Wildman–Crippen MR) is 93.8 cm³/mol. The van der Waals surface area contributed by atoms with Gasteiger partial charge in [0.2, 0.25) is 5.52 Å². The molecule has 4 aromatic rings. The van der Waals surface area contributed by atoms with Gasteiger partial charge in [-0.15, -0.1) is 0 Å². The second-order valence-electron chi connectivity index (χ2n) is 5.56. The number of benzene rings is 3. The van der Waals surface area contributed by atoms with Gasteiger partial charge in [-0.05, 0) is 23.6 Å². The largest absolute Gasteiger partial charge is 0.398 e. The van der Waals surface area contributed by atoms with Gasteiger partial charge in [0.15, 0.2) is 12.7 Å². The van der Waals surface area contributed by atoms with E-state index < -0.39 is 0 Å². The molecule has 0 radical (unpaired) electrons. The van der Waals surface area contributed by atoms with Crippen molar-refractivity contribution in [2.45, 2.75) is 6.54 Å². The van der Waals surface area contributed by atoms with E-state index in [-0.39, 0.29) is 0 Å². The van der Waals surface area contributed by atoms with E-state index in [2.05, 4.69) is 65.9 Å². The normalized spacial score (nSPS) is 11.3. The summed E-state index contributed by atoms with van der Waals surface area (Å²) >= 11 is 0. The number of nitrogen functional groups attached to an aromatic ring is 1. The lowest BCUT2D eigenvalue weighted by atomic mass is 9.98. The molecule has 0 bridgehead atoms. The lowest BCUT2D eigenvalue weighted by Gasteiger charge is -2.09. The second-order valence-corrected chi connectivity index (χ2v) is 5.56. The van der Waals surface area contributed by atoms with Crippen LogP contribution >= 0.6 is 0 Å². The highest BCUT2D eigenvalue weighted by Crippen LogP contribution is 2.33. The van der Waals surface area contributed by atoms with Crippen LogP contribution in [-0.4, -0.2) is 0 Å². The summed E-state index contributed by atoms with van der Waals surface area (Å²) in [6, 6.07) is 18.9. The Hall–Kier alpha value is -2.87. The highest BCUT2D eigenvalue weighted by atomic mass is 14.9. The summed E-state index contributed by atoms with van der Waals surface area (Å²) in [7, 11) is 0.